The molecule has 1 heterocycles. The highest BCUT2D eigenvalue weighted by Crippen LogP contribution is 2.24. The zero-order valence-corrected chi connectivity index (χ0v) is 20.6. The second kappa shape index (κ2) is 12.0. The fourth-order valence-electron chi connectivity index (χ4n) is 3.81. The van der Waals surface area contributed by atoms with Gasteiger partial charge < -0.3 is 14.4 Å². The zero-order chi connectivity index (χ0) is 23.8. The van der Waals surface area contributed by atoms with Gasteiger partial charge in [-0.25, -0.2) is 17.6 Å². The van der Waals surface area contributed by atoms with Gasteiger partial charge in [0.05, 0.1) is 11.0 Å². The van der Waals surface area contributed by atoms with Crippen LogP contribution in [-0.4, -0.2) is 57.1 Å². The summed E-state index contributed by atoms with van der Waals surface area (Å²) < 4.78 is 45.6. The third kappa shape index (κ3) is 9.86. The van der Waals surface area contributed by atoms with E-state index in [9.17, 15) is 17.6 Å². The molecule has 6 nitrogen and oxygen atoms in total. The Morgan fingerprint density at radius 2 is 1.72 bits per heavy atom. The van der Waals surface area contributed by atoms with Crippen LogP contribution in [0.4, 0.5) is 9.18 Å². The summed E-state index contributed by atoms with van der Waals surface area (Å²) in [4.78, 5) is 13.8. The van der Waals surface area contributed by atoms with E-state index in [0.717, 1.165) is 44.9 Å². The first-order valence-corrected chi connectivity index (χ1v) is 13.4. The van der Waals surface area contributed by atoms with Crippen molar-refractivity contribution in [2.45, 2.75) is 82.3 Å². The van der Waals surface area contributed by atoms with E-state index in [1.807, 2.05) is 25.7 Å². The SMILES string of the molecule is CC(C)(C)OC(=O)N1CCC(COC2CCCCC2)CC1.CS(=O)(=O)c1cccc(F)c1. The maximum Gasteiger partial charge on any atom is 0.410 e. The molecule has 0 radical (unpaired) electrons. The number of halogens is 1. The van der Waals surface area contributed by atoms with Crippen LogP contribution < -0.4 is 0 Å². The van der Waals surface area contributed by atoms with Crippen LogP contribution >= 0.6 is 0 Å². The molecule has 0 aromatic heterocycles. The average molecular weight is 472 g/mol. The van der Waals surface area contributed by atoms with E-state index in [2.05, 4.69) is 0 Å². The minimum atomic E-state index is -3.27. The third-order valence-corrected chi connectivity index (χ3v) is 6.72. The number of carbonyl (C=O) groups is 1. The Balaban J connectivity index is 0.000000278. The maximum atomic E-state index is 12.4. The molecule has 32 heavy (non-hydrogen) atoms. The molecule has 3 rings (SSSR count). The van der Waals surface area contributed by atoms with Gasteiger partial charge in [0, 0.05) is 26.0 Å². The Morgan fingerprint density at radius 3 is 2.22 bits per heavy atom. The Morgan fingerprint density at radius 1 is 1.09 bits per heavy atom. The topological polar surface area (TPSA) is 72.9 Å². The number of nitrogens with zero attached hydrogens (tertiary/aromatic N) is 1. The van der Waals surface area contributed by atoms with Crippen molar-refractivity contribution in [3.05, 3.63) is 30.1 Å². The quantitative estimate of drug-likeness (QED) is 0.603. The number of ether oxygens (including phenoxy) is 2. The van der Waals surface area contributed by atoms with Gasteiger partial charge in [0.2, 0.25) is 0 Å². The van der Waals surface area contributed by atoms with E-state index in [1.54, 1.807) is 0 Å². The second-order valence-electron chi connectivity index (χ2n) is 9.73. The van der Waals surface area contributed by atoms with Gasteiger partial charge in [-0.15, -0.1) is 0 Å². The molecular formula is C24H38FNO5S. The van der Waals surface area contributed by atoms with Gasteiger partial charge >= 0.3 is 6.09 Å². The summed E-state index contributed by atoms with van der Waals surface area (Å²) in [5.41, 5.74) is -0.405. The van der Waals surface area contributed by atoms with Gasteiger partial charge in [-0.1, -0.05) is 25.3 Å². The first-order chi connectivity index (χ1) is 14.9. The molecule has 0 atom stereocenters. The van der Waals surface area contributed by atoms with Crippen molar-refractivity contribution >= 4 is 15.9 Å². The number of hydrogen-bond acceptors (Lipinski definition) is 5. The van der Waals surface area contributed by atoms with Crippen LogP contribution in [0.15, 0.2) is 29.2 Å². The number of carbonyl (C=O) groups excluding carboxylic acids is 1. The number of hydrogen-bond donors (Lipinski definition) is 0. The van der Waals surface area contributed by atoms with Crippen LogP contribution in [0.25, 0.3) is 0 Å². The second-order valence-corrected chi connectivity index (χ2v) is 11.7. The number of piperidine rings is 1. The van der Waals surface area contributed by atoms with Crippen molar-refractivity contribution in [1.29, 1.82) is 0 Å². The predicted octanol–water partition coefficient (Wildman–Crippen LogP) is 5.21. The standard InChI is InChI=1S/C17H31NO3.C7H7FO2S/c1-17(2,3)21-16(19)18-11-9-14(10-12-18)13-20-15-7-5-4-6-8-15;1-11(9,10)7-4-2-3-6(8)5-7/h14-15H,4-13H2,1-3H3;2-5H,1H3. The molecule has 1 aromatic carbocycles. The monoisotopic (exact) mass is 471 g/mol. The van der Waals surface area contributed by atoms with Crippen LogP contribution in [0.5, 0.6) is 0 Å². The fourth-order valence-corrected chi connectivity index (χ4v) is 4.46. The summed E-state index contributed by atoms with van der Waals surface area (Å²) in [6, 6.07) is 4.92. The molecule has 2 aliphatic rings. The van der Waals surface area contributed by atoms with Gasteiger partial charge in [-0.2, -0.15) is 0 Å². The summed E-state index contributed by atoms with van der Waals surface area (Å²) >= 11 is 0. The molecule has 0 N–H and O–H groups in total. The molecule has 8 heteroatoms. The molecule has 1 amide bonds. The molecule has 2 fully saturated rings. The molecule has 0 bridgehead atoms. The summed E-state index contributed by atoms with van der Waals surface area (Å²) in [6.07, 6.45) is 9.90. The number of sulfone groups is 1. The van der Waals surface area contributed by atoms with Crippen molar-refractivity contribution < 1.29 is 27.1 Å². The van der Waals surface area contributed by atoms with Gasteiger partial charge in [-0.05, 0) is 70.6 Å². The molecule has 0 spiro atoms. The van der Waals surface area contributed by atoms with E-state index in [4.69, 9.17) is 9.47 Å². The highest BCUT2D eigenvalue weighted by Gasteiger charge is 2.27. The molecule has 182 valence electrons. The minimum absolute atomic E-state index is 0.0116. The molecule has 1 saturated carbocycles. The van der Waals surface area contributed by atoms with Crippen molar-refractivity contribution in [3.8, 4) is 0 Å². The summed E-state index contributed by atoms with van der Waals surface area (Å²) in [6.45, 7) is 8.20. The summed E-state index contributed by atoms with van der Waals surface area (Å²) in [5, 5.41) is 0. The van der Waals surface area contributed by atoms with Gasteiger partial charge in [0.25, 0.3) is 0 Å². The maximum absolute atomic E-state index is 12.4. The largest absolute Gasteiger partial charge is 0.444 e. The number of likely N-dealkylation sites (tertiary alicyclic amines) is 1. The van der Waals surface area contributed by atoms with Crippen molar-refractivity contribution in [3.63, 3.8) is 0 Å². The van der Waals surface area contributed by atoms with E-state index in [-0.39, 0.29) is 11.0 Å². The minimum Gasteiger partial charge on any atom is -0.444 e. The number of benzene rings is 1. The third-order valence-electron chi connectivity index (χ3n) is 5.61. The molecule has 1 aromatic rings. The van der Waals surface area contributed by atoms with E-state index >= 15 is 0 Å². The van der Waals surface area contributed by atoms with E-state index in [1.165, 1.54) is 50.3 Å². The zero-order valence-electron chi connectivity index (χ0n) is 19.8. The van der Waals surface area contributed by atoms with Crippen molar-refractivity contribution in [2.75, 3.05) is 26.0 Å². The van der Waals surface area contributed by atoms with Crippen molar-refractivity contribution in [2.24, 2.45) is 5.92 Å². The molecule has 1 aliphatic heterocycles. The first-order valence-electron chi connectivity index (χ1n) is 11.5. The molecular weight excluding hydrogens is 433 g/mol. The smallest absolute Gasteiger partial charge is 0.410 e. The Bertz CT molecular complexity index is 823. The number of rotatable bonds is 4. The lowest BCUT2D eigenvalue weighted by atomic mass is 9.96. The number of amides is 1. The predicted molar refractivity (Wildman–Crippen MR) is 123 cm³/mol. The van der Waals surface area contributed by atoms with Gasteiger partial charge in [0.15, 0.2) is 9.84 Å². The Kier molecular flexibility index (Phi) is 9.95. The van der Waals surface area contributed by atoms with Gasteiger partial charge in [-0.3, -0.25) is 0 Å². The van der Waals surface area contributed by atoms with Crippen LogP contribution in [0.3, 0.4) is 0 Å². The summed E-state index contributed by atoms with van der Waals surface area (Å²) in [7, 11) is -3.27. The Hall–Kier alpha value is -1.67. The molecule has 1 aliphatic carbocycles. The van der Waals surface area contributed by atoms with E-state index in [0.29, 0.717) is 12.0 Å². The van der Waals surface area contributed by atoms with Crippen LogP contribution in [0.1, 0.15) is 65.7 Å². The molecule has 1 saturated heterocycles. The average Bonchev–Trinajstić information content (AvgIpc) is 2.72. The normalized spacial score (nSPS) is 18.6. The van der Waals surface area contributed by atoms with Gasteiger partial charge in [0.1, 0.15) is 11.4 Å². The van der Waals surface area contributed by atoms with Crippen LogP contribution in [0.2, 0.25) is 0 Å². The lowest BCUT2D eigenvalue weighted by Gasteiger charge is -2.34. The fraction of sp³-hybridized carbons (Fsp3) is 0.708. The van der Waals surface area contributed by atoms with Crippen LogP contribution in [-0.2, 0) is 19.3 Å². The highest BCUT2D eigenvalue weighted by atomic mass is 32.2. The molecule has 0 unspecified atom stereocenters. The Labute approximate surface area is 192 Å². The van der Waals surface area contributed by atoms with Crippen molar-refractivity contribution in [1.82, 2.24) is 4.90 Å². The highest BCUT2D eigenvalue weighted by molar-refractivity contribution is 7.90. The first kappa shape index (κ1) is 26.6. The lowest BCUT2D eigenvalue weighted by molar-refractivity contribution is -0.0125. The lowest BCUT2D eigenvalue weighted by Crippen LogP contribution is -2.42. The summed E-state index contributed by atoms with van der Waals surface area (Å²) in [5.74, 6) is 0.0681. The van der Waals surface area contributed by atoms with Crippen LogP contribution in [0, 0.1) is 11.7 Å². The van der Waals surface area contributed by atoms with E-state index < -0.39 is 21.3 Å².